The van der Waals surface area contributed by atoms with Gasteiger partial charge in [0.25, 0.3) is 0 Å². The van der Waals surface area contributed by atoms with Gasteiger partial charge in [0.1, 0.15) is 0 Å². The van der Waals surface area contributed by atoms with Crippen molar-refractivity contribution in [2.24, 2.45) is 0 Å². The highest BCUT2D eigenvalue weighted by Crippen LogP contribution is 2.22. The molecule has 90 valence electrons. The maximum atomic E-state index is 10.5. The second-order valence-electron chi connectivity index (χ2n) is 3.98. The quantitative estimate of drug-likeness (QED) is 0.771. The minimum atomic E-state index is -0.724. The number of hydrogen-bond acceptors (Lipinski definition) is 3. The highest BCUT2D eigenvalue weighted by Gasteiger charge is 2.13. The first-order valence-corrected chi connectivity index (χ1v) is 6.52. The molecule has 0 saturated carbocycles. The van der Waals surface area contributed by atoms with E-state index in [1.807, 2.05) is 13.0 Å². The van der Waals surface area contributed by atoms with Crippen molar-refractivity contribution in [2.75, 3.05) is 0 Å². The zero-order chi connectivity index (χ0) is 12.0. The topological polar surface area (TPSA) is 49.3 Å². The predicted molar refractivity (Wildman–Crippen MR) is 66.8 cm³/mol. The van der Waals surface area contributed by atoms with E-state index in [9.17, 15) is 4.79 Å². The highest BCUT2D eigenvalue weighted by molar-refractivity contribution is 7.10. The molecule has 0 bridgehead atoms. The maximum Gasteiger partial charge on any atom is 0.303 e. The second kappa shape index (κ2) is 6.66. The van der Waals surface area contributed by atoms with E-state index < -0.39 is 5.97 Å². The summed E-state index contributed by atoms with van der Waals surface area (Å²) in [5.41, 5.74) is 0. The Bertz CT molecular complexity index is 311. The van der Waals surface area contributed by atoms with E-state index in [-0.39, 0.29) is 12.5 Å². The third kappa shape index (κ3) is 4.33. The van der Waals surface area contributed by atoms with Gasteiger partial charge in [0.15, 0.2) is 0 Å². The van der Waals surface area contributed by atoms with Gasteiger partial charge in [-0.2, -0.15) is 0 Å². The van der Waals surface area contributed by atoms with E-state index in [0.29, 0.717) is 12.5 Å². The Morgan fingerprint density at radius 3 is 2.88 bits per heavy atom. The molecule has 2 unspecified atom stereocenters. The van der Waals surface area contributed by atoms with Crippen molar-refractivity contribution in [3.63, 3.8) is 0 Å². The van der Waals surface area contributed by atoms with Crippen LogP contribution in [0.1, 0.15) is 44.0 Å². The molecule has 1 aromatic rings. The number of hydrogen-bond donors (Lipinski definition) is 2. The molecule has 1 rings (SSSR count). The molecule has 3 nitrogen and oxygen atoms in total. The third-order valence-electron chi connectivity index (χ3n) is 2.57. The number of carboxylic acid groups (broad SMARTS) is 1. The fourth-order valence-corrected chi connectivity index (χ4v) is 2.53. The minimum absolute atomic E-state index is 0.231. The molecule has 0 aliphatic rings. The summed E-state index contributed by atoms with van der Waals surface area (Å²) in [5, 5.41) is 14.2. The van der Waals surface area contributed by atoms with Crippen molar-refractivity contribution in [2.45, 2.75) is 45.2 Å². The molecular weight excluding hydrogens is 222 g/mol. The Hall–Kier alpha value is -0.870. The molecule has 0 aliphatic carbocycles. The van der Waals surface area contributed by atoms with Crippen molar-refractivity contribution < 1.29 is 9.90 Å². The molecule has 16 heavy (non-hydrogen) atoms. The summed E-state index contributed by atoms with van der Waals surface area (Å²) in [5.74, 6) is -0.724. The van der Waals surface area contributed by atoms with Crippen LogP contribution in [0.2, 0.25) is 0 Å². The lowest BCUT2D eigenvalue weighted by atomic mass is 10.1. The molecule has 2 atom stereocenters. The van der Waals surface area contributed by atoms with Crippen molar-refractivity contribution in [1.82, 2.24) is 5.32 Å². The van der Waals surface area contributed by atoms with Gasteiger partial charge < -0.3 is 10.4 Å². The lowest BCUT2D eigenvalue weighted by molar-refractivity contribution is -0.137. The van der Waals surface area contributed by atoms with Gasteiger partial charge in [0.2, 0.25) is 0 Å². The number of carboxylic acids is 1. The molecule has 1 heterocycles. The van der Waals surface area contributed by atoms with Crippen LogP contribution in [0, 0.1) is 0 Å². The van der Waals surface area contributed by atoms with Crippen LogP contribution in [0.25, 0.3) is 0 Å². The van der Waals surface area contributed by atoms with Gasteiger partial charge in [-0.05, 0) is 31.2 Å². The van der Waals surface area contributed by atoms with Gasteiger partial charge in [0.05, 0.1) is 0 Å². The van der Waals surface area contributed by atoms with E-state index in [0.717, 1.165) is 6.42 Å². The zero-order valence-corrected chi connectivity index (χ0v) is 10.6. The largest absolute Gasteiger partial charge is 0.481 e. The third-order valence-corrected chi connectivity index (χ3v) is 3.56. The lowest BCUT2D eigenvalue weighted by Crippen LogP contribution is -2.30. The molecule has 0 aromatic carbocycles. The molecular formula is C12H19NO2S. The summed E-state index contributed by atoms with van der Waals surface area (Å²) in [4.78, 5) is 11.8. The number of aliphatic carboxylic acids is 1. The molecule has 0 radical (unpaired) electrons. The maximum absolute atomic E-state index is 10.5. The Morgan fingerprint density at radius 2 is 2.38 bits per heavy atom. The van der Waals surface area contributed by atoms with Crippen LogP contribution in [0.15, 0.2) is 17.5 Å². The van der Waals surface area contributed by atoms with Crippen LogP contribution in [-0.4, -0.2) is 17.1 Å². The Labute approximate surface area is 100 Å². The van der Waals surface area contributed by atoms with E-state index >= 15 is 0 Å². The van der Waals surface area contributed by atoms with E-state index in [4.69, 9.17) is 5.11 Å². The number of carbonyl (C=O) groups is 1. The molecule has 0 saturated heterocycles. The highest BCUT2D eigenvalue weighted by atomic mass is 32.1. The number of rotatable bonds is 7. The predicted octanol–water partition coefficient (Wildman–Crippen LogP) is 3.04. The standard InChI is InChI=1S/C12H19NO2S/c1-3-10(11-5-4-8-16-11)13-9(2)6-7-12(14)15/h4-5,8-10,13H,3,6-7H2,1-2H3,(H,14,15). The van der Waals surface area contributed by atoms with Gasteiger partial charge in [-0.25, -0.2) is 0 Å². The van der Waals surface area contributed by atoms with Gasteiger partial charge in [0, 0.05) is 23.4 Å². The van der Waals surface area contributed by atoms with Crippen LogP contribution in [-0.2, 0) is 4.79 Å². The van der Waals surface area contributed by atoms with Crippen LogP contribution in [0.4, 0.5) is 0 Å². The van der Waals surface area contributed by atoms with E-state index in [1.54, 1.807) is 11.3 Å². The molecule has 2 N–H and O–H groups in total. The molecule has 0 spiro atoms. The molecule has 0 amide bonds. The molecule has 0 aliphatic heterocycles. The first-order valence-electron chi connectivity index (χ1n) is 5.64. The molecule has 0 fully saturated rings. The smallest absolute Gasteiger partial charge is 0.303 e. The number of thiophene rings is 1. The first kappa shape index (κ1) is 13.2. The lowest BCUT2D eigenvalue weighted by Gasteiger charge is -2.20. The fourth-order valence-electron chi connectivity index (χ4n) is 1.66. The molecule has 1 aromatic heterocycles. The van der Waals surface area contributed by atoms with Crippen LogP contribution < -0.4 is 5.32 Å². The second-order valence-corrected chi connectivity index (χ2v) is 4.96. The summed E-state index contributed by atoms with van der Waals surface area (Å²) in [7, 11) is 0. The normalized spacial score (nSPS) is 14.6. The van der Waals surface area contributed by atoms with Gasteiger partial charge in [-0.15, -0.1) is 11.3 Å². The SMILES string of the molecule is CCC(NC(C)CCC(=O)O)c1cccs1. The van der Waals surface area contributed by atoms with Gasteiger partial charge >= 0.3 is 5.97 Å². The minimum Gasteiger partial charge on any atom is -0.481 e. The first-order chi connectivity index (χ1) is 7.63. The summed E-state index contributed by atoms with van der Waals surface area (Å²) >= 11 is 1.74. The Kier molecular flexibility index (Phi) is 5.49. The average molecular weight is 241 g/mol. The molecule has 4 heteroatoms. The summed E-state index contributed by atoms with van der Waals surface area (Å²) in [6.07, 6.45) is 1.93. The van der Waals surface area contributed by atoms with Crippen molar-refractivity contribution in [3.8, 4) is 0 Å². The Morgan fingerprint density at radius 1 is 1.62 bits per heavy atom. The van der Waals surface area contributed by atoms with Crippen molar-refractivity contribution in [1.29, 1.82) is 0 Å². The van der Waals surface area contributed by atoms with Crippen molar-refractivity contribution >= 4 is 17.3 Å². The summed E-state index contributed by atoms with van der Waals surface area (Å²) in [6, 6.07) is 4.76. The average Bonchev–Trinajstić information content (AvgIpc) is 2.76. The van der Waals surface area contributed by atoms with E-state index in [2.05, 4.69) is 23.7 Å². The van der Waals surface area contributed by atoms with Crippen LogP contribution in [0.3, 0.4) is 0 Å². The van der Waals surface area contributed by atoms with Crippen LogP contribution in [0.5, 0.6) is 0 Å². The zero-order valence-electron chi connectivity index (χ0n) is 9.77. The van der Waals surface area contributed by atoms with E-state index in [1.165, 1.54) is 4.88 Å². The number of nitrogens with one attached hydrogen (secondary N) is 1. The Balaban J connectivity index is 2.41. The van der Waals surface area contributed by atoms with Crippen LogP contribution >= 0.6 is 11.3 Å². The summed E-state index contributed by atoms with van der Waals surface area (Å²) in [6.45, 7) is 4.18. The fraction of sp³-hybridized carbons (Fsp3) is 0.583. The monoisotopic (exact) mass is 241 g/mol. The van der Waals surface area contributed by atoms with Crippen molar-refractivity contribution in [3.05, 3.63) is 22.4 Å². The van der Waals surface area contributed by atoms with Gasteiger partial charge in [-0.3, -0.25) is 4.79 Å². The summed E-state index contributed by atoms with van der Waals surface area (Å²) < 4.78 is 0. The van der Waals surface area contributed by atoms with Gasteiger partial charge in [-0.1, -0.05) is 13.0 Å².